The quantitative estimate of drug-likeness (QED) is 0.293. The monoisotopic (exact) mass is 551 g/mol. The number of anilines is 1. The van der Waals surface area contributed by atoms with E-state index in [4.69, 9.17) is 10.8 Å². The Bertz CT molecular complexity index is 1970. The second-order valence-electron chi connectivity index (χ2n) is 10.5. The van der Waals surface area contributed by atoms with Gasteiger partial charge in [-0.2, -0.15) is 9.40 Å². The number of hydrogen-bond donors (Lipinski definition) is 2. The maximum atomic E-state index is 13.4. The van der Waals surface area contributed by atoms with Gasteiger partial charge in [-0.25, -0.2) is 23.1 Å². The normalized spacial score (nSPS) is 15.4. The average molecular weight is 552 g/mol. The number of piperidine rings is 1. The van der Waals surface area contributed by atoms with Crippen LogP contribution in [0.15, 0.2) is 84.1 Å². The molecule has 1 fully saturated rings. The van der Waals surface area contributed by atoms with Gasteiger partial charge in [-0.05, 0) is 66.3 Å². The molecule has 3 N–H and O–H groups in total. The minimum Gasteiger partial charge on any atom is -0.383 e. The van der Waals surface area contributed by atoms with Crippen molar-refractivity contribution in [2.45, 2.75) is 30.7 Å². The van der Waals surface area contributed by atoms with Gasteiger partial charge in [0.15, 0.2) is 5.65 Å². The fourth-order valence-corrected chi connectivity index (χ4v) is 7.31. The van der Waals surface area contributed by atoms with Gasteiger partial charge in [0.05, 0.1) is 10.3 Å². The highest BCUT2D eigenvalue weighted by Crippen LogP contribution is 2.33. The van der Waals surface area contributed by atoms with Gasteiger partial charge in [-0.1, -0.05) is 36.4 Å². The Morgan fingerprint density at radius 1 is 0.925 bits per heavy atom. The van der Waals surface area contributed by atoms with Crippen molar-refractivity contribution < 1.29 is 8.42 Å². The Labute approximate surface area is 231 Å². The predicted molar refractivity (Wildman–Crippen MR) is 157 cm³/mol. The van der Waals surface area contributed by atoms with Crippen LogP contribution in [-0.4, -0.2) is 50.5 Å². The SMILES string of the molecule is Nc1ncnc2c1c(-c1ccc3[nH]ccc3c1)nn2CCC1CCN(S(=O)(=O)c2ccc3ccccc3c2)CC1. The molecule has 0 bridgehead atoms. The average Bonchev–Trinajstić information content (AvgIpc) is 3.61. The van der Waals surface area contributed by atoms with E-state index in [9.17, 15) is 8.42 Å². The largest absolute Gasteiger partial charge is 0.383 e. The number of nitrogens with zero attached hydrogens (tertiary/aromatic N) is 5. The Hall–Kier alpha value is -4.28. The number of sulfonamides is 1. The van der Waals surface area contributed by atoms with Crippen molar-refractivity contribution in [2.75, 3.05) is 18.8 Å². The highest BCUT2D eigenvalue weighted by Gasteiger charge is 2.30. The predicted octanol–water partition coefficient (Wildman–Crippen LogP) is 5.20. The third kappa shape index (κ3) is 4.29. The summed E-state index contributed by atoms with van der Waals surface area (Å²) in [6.45, 7) is 1.69. The molecule has 0 aliphatic carbocycles. The van der Waals surface area contributed by atoms with Gasteiger partial charge in [-0.3, -0.25) is 0 Å². The standard InChI is InChI=1S/C30H29N7O2S/c31-29-27-28(24-6-8-26-23(17-24)9-13-32-26)35-37(30(27)34-19-33-29)16-12-20-10-14-36(15-11-20)40(38,39)25-7-5-21-3-1-2-4-22(21)18-25/h1-9,13,17-20,32H,10-12,14-16H2,(H2,31,33,34). The van der Waals surface area contributed by atoms with Crippen LogP contribution in [0.3, 0.4) is 0 Å². The molecule has 0 radical (unpaired) electrons. The van der Waals surface area contributed by atoms with Crippen molar-refractivity contribution in [1.29, 1.82) is 0 Å². The molecule has 4 heterocycles. The van der Waals surface area contributed by atoms with Crippen LogP contribution >= 0.6 is 0 Å². The third-order valence-electron chi connectivity index (χ3n) is 8.07. The molecular weight excluding hydrogens is 522 g/mol. The molecular formula is C30H29N7O2S. The first-order valence-electron chi connectivity index (χ1n) is 13.5. The van der Waals surface area contributed by atoms with Crippen molar-refractivity contribution in [1.82, 2.24) is 29.0 Å². The second-order valence-corrected chi connectivity index (χ2v) is 12.4. The molecule has 3 aromatic heterocycles. The van der Waals surface area contributed by atoms with E-state index in [2.05, 4.69) is 21.0 Å². The Morgan fingerprint density at radius 2 is 1.75 bits per heavy atom. The zero-order valence-corrected chi connectivity index (χ0v) is 22.7. The van der Waals surface area contributed by atoms with Gasteiger partial charge in [0.25, 0.3) is 0 Å². The molecule has 0 unspecified atom stereocenters. The summed E-state index contributed by atoms with van der Waals surface area (Å²) >= 11 is 0. The van der Waals surface area contributed by atoms with Crippen LogP contribution in [0.2, 0.25) is 0 Å². The number of nitrogens with one attached hydrogen (secondary N) is 1. The van der Waals surface area contributed by atoms with Crippen molar-refractivity contribution in [3.05, 3.63) is 79.3 Å². The van der Waals surface area contributed by atoms with Gasteiger partial charge in [-0.15, -0.1) is 0 Å². The summed E-state index contributed by atoms with van der Waals surface area (Å²) in [5.41, 5.74) is 9.81. The fourth-order valence-electron chi connectivity index (χ4n) is 5.81. The Kier molecular flexibility index (Phi) is 6.01. The molecule has 202 valence electrons. The molecule has 9 nitrogen and oxygen atoms in total. The molecule has 1 aliphatic heterocycles. The van der Waals surface area contributed by atoms with Crippen molar-refractivity contribution in [3.8, 4) is 11.3 Å². The molecule has 10 heteroatoms. The number of aromatic nitrogens is 5. The number of benzene rings is 3. The number of aromatic amines is 1. The summed E-state index contributed by atoms with van der Waals surface area (Å²) in [5, 5.41) is 8.75. The zero-order valence-electron chi connectivity index (χ0n) is 21.9. The maximum absolute atomic E-state index is 13.4. The lowest BCUT2D eigenvalue weighted by atomic mass is 9.95. The Balaban J connectivity index is 1.07. The molecule has 0 spiro atoms. The van der Waals surface area contributed by atoms with Crippen molar-refractivity contribution in [2.24, 2.45) is 5.92 Å². The molecule has 3 aromatic carbocycles. The van der Waals surface area contributed by atoms with Gasteiger partial charge in [0.2, 0.25) is 10.0 Å². The van der Waals surface area contributed by atoms with E-state index in [0.717, 1.165) is 57.6 Å². The number of hydrogen-bond acceptors (Lipinski definition) is 6. The van der Waals surface area contributed by atoms with E-state index in [1.165, 1.54) is 6.33 Å². The van der Waals surface area contributed by atoms with Gasteiger partial charge < -0.3 is 10.7 Å². The maximum Gasteiger partial charge on any atom is 0.243 e. The number of fused-ring (bicyclic) bond motifs is 3. The molecule has 1 aliphatic rings. The summed E-state index contributed by atoms with van der Waals surface area (Å²) in [6.07, 6.45) is 5.88. The van der Waals surface area contributed by atoms with Crippen LogP contribution in [-0.2, 0) is 16.6 Å². The summed E-state index contributed by atoms with van der Waals surface area (Å²) in [7, 11) is -3.53. The van der Waals surface area contributed by atoms with E-state index in [-0.39, 0.29) is 0 Å². The first kappa shape index (κ1) is 24.7. The molecule has 1 saturated heterocycles. The number of nitrogen functional groups attached to an aromatic ring is 1. The Morgan fingerprint density at radius 3 is 2.60 bits per heavy atom. The number of H-pyrrole nitrogens is 1. The molecule has 0 amide bonds. The van der Waals surface area contributed by atoms with Crippen LogP contribution < -0.4 is 5.73 Å². The number of aryl methyl sites for hydroxylation is 1. The minimum absolute atomic E-state index is 0.357. The van der Waals surface area contributed by atoms with Gasteiger partial charge >= 0.3 is 0 Å². The van der Waals surface area contributed by atoms with Crippen LogP contribution in [0.5, 0.6) is 0 Å². The van der Waals surface area contributed by atoms with Crippen LogP contribution in [0, 0.1) is 5.92 Å². The van der Waals surface area contributed by atoms with E-state index in [1.807, 2.05) is 59.4 Å². The highest BCUT2D eigenvalue weighted by atomic mass is 32.2. The van der Waals surface area contributed by atoms with Crippen molar-refractivity contribution in [3.63, 3.8) is 0 Å². The van der Waals surface area contributed by atoms with Crippen LogP contribution in [0.4, 0.5) is 5.82 Å². The highest BCUT2D eigenvalue weighted by molar-refractivity contribution is 7.89. The van der Waals surface area contributed by atoms with Gasteiger partial charge in [0.1, 0.15) is 17.8 Å². The molecule has 40 heavy (non-hydrogen) atoms. The first-order valence-corrected chi connectivity index (χ1v) is 14.9. The molecule has 6 aromatic rings. The number of rotatable bonds is 6. The molecule has 7 rings (SSSR count). The fraction of sp³-hybridized carbons (Fsp3) is 0.233. The topological polar surface area (TPSA) is 123 Å². The summed E-state index contributed by atoms with van der Waals surface area (Å²) in [4.78, 5) is 12.3. The summed E-state index contributed by atoms with van der Waals surface area (Å²) in [6, 6.07) is 21.4. The van der Waals surface area contributed by atoms with Crippen LogP contribution in [0.1, 0.15) is 19.3 Å². The minimum atomic E-state index is -3.53. The molecule has 0 atom stereocenters. The van der Waals surface area contributed by atoms with E-state index in [0.29, 0.717) is 41.9 Å². The third-order valence-corrected chi connectivity index (χ3v) is 9.96. The molecule has 0 saturated carbocycles. The lowest BCUT2D eigenvalue weighted by Gasteiger charge is -2.31. The zero-order chi connectivity index (χ0) is 27.3. The lowest BCUT2D eigenvalue weighted by Crippen LogP contribution is -2.38. The summed E-state index contributed by atoms with van der Waals surface area (Å²) in [5.74, 6) is 0.800. The smallest absolute Gasteiger partial charge is 0.243 e. The number of nitrogens with two attached hydrogens (primary N) is 1. The van der Waals surface area contributed by atoms with E-state index >= 15 is 0 Å². The van der Waals surface area contributed by atoms with Crippen molar-refractivity contribution >= 4 is 48.5 Å². The second kappa shape index (κ2) is 9.72. The van der Waals surface area contributed by atoms with E-state index < -0.39 is 10.0 Å². The van der Waals surface area contributed by atoms with Crippen LogP contribution in [0.25, 0.3) is 44.0 Å². The van der Waals surface area contributed by atoms with Gasteiger partial charge in [0, 0.05) is 42.3 Å². The first-order chi connectivity index (χ1) is 19.5. The van der Waals surface area contributed by atoms with E-state index in [1.54, 1.807) is 16.4 Å². The summed E-state index contributed by atoms with van der Waals surface area (Å²) < 4.78 is 30.3. The lowest BCUT2D eigenvalue weighted by molar-refractivity contribution is 0.255.